The molecule has 2 N–H and O–H groups in total. The highest BCUT2D eigenvalue weighted by Gasteiger charge is 2.08. The second-order valence-electron chi connectivity index (χ2n) is 2.36. The van der Waals surface area contributed by atoms with Crippen LogP contribution in [0.1, 0.15) is 17.8 Å². The minimum atomic E-state index is 0. The van der Waals surface area contributed by atoms with E-state index in [1.807, 2.05) is 6.92 Å². The summed E-state index contributed by atoms with van der Waals surface area (Å²) in [6.45, 7) is 2.50. The van der Waals surface area contributed by atoms with Crippen LogP contribution in [0.5, 0.6) is 0 Å². The lowest BCUT2D eigenvalue weighted by molar-refractivity contribution is 0.809. The number of aromatic nitrogens is 4. The zero-order valence-corrected chi connectivity index (χ0v) is 8.73. The summed E-state index contributed by atoms with van der Waals surface area (Å²) in [5.41, 5.74) is 5.45. The van der Waals surface area contributed by atoms with Crippen molar-refractivity contribution in [3.63, 3.8) is 0 Å². The second kappa shape index (κ2) is 3.99. The highest BCUT2D eigenvalue weighted by atomic mass is 35.5. The molecule has 0 bridgehead atoms. The average Bonchev–Trinajstić information content (AvgIpc) is 2.61. The Labute approximate surface area is 85.4 Å². The van der Waals surface area contributed by atoms with E-state index in [2.05, 4.69) is 15.3 Å². The molecule has 0 unspecified atom stereocenters. The van der Waals surface area contributed by atoms with Gasteiger partial charge in [-0.05, 0) is 0 Å². The summed E-state index contributed by atoms with van der Waals surface area (Å²) in [6, 6.07) is 0. The van der Waals surface area contributed by atoms with Crippen molar-refractivity contribution in [3.05, 3.63) is 10.8 Å². The molecule has 2 heterocycles. The Bertz CT molecular complexity index is 395. The van der Waals surface area contributed by atoms with Crippen LogP contribution in [0.3, 0.4) is 0 Å². The smallest absolute Gasteiger partial charge is 0.234 e. The fraction of sp³-hybridized carbons (Fsp3) is 0.500. The van der Waals surface area contributed by atoms with E-state index >= 15 is 0 Å². The predicted molar refractivity (Wildman–Crippen MR) is 53.2 cm³/mol. The topological polar surface area (TPSA) is 69.1 Å². The molecule has 7 heteroatoms. The highest BCUT2D eigenvalue weighted by Crippen LogP contribution is 2.12. The van der Waals surface area contributed by atoms with Crippen molar-refractivity contribution >= 4 is 28.7 Å². The number of nitrogens with zero attached hydrogens (tertiary/aromatic N) is 4. The molecule has 0 saturated heterocycles. The summed E-state index contributed by atoms with van der Waals surface area (Å²) in [5.74, 6) is 0.890. The van der Waals surface area contributed by atoms with Crippen LogP contribution in [0.25, 0.3) is 4.96 Å². The van der Waals surface area contributed by atoms with Crippen LogP contribution in [-0.4, -0.2) is 19.8 Å². The number of fused-ring (bicyclic) bond motifs is 1. The van der Waals surface area contributed by atoms with Gasteiger partial charge < -0.3 is 5.73 Å². The van der Waals surface area contributed by atoms with Crippen molar-refractivity contribution < 1.29 is 0 Å². The van der Waals surface area contributed by atoms with E-state index in [1.165, 1.54) is 11.3 Å². The fourth-order valence-corrected chi connectivity index (χ4v) is 1.73. The Hall–Kier alpha value is -0.720. The van der Waals surface area contributed by atoms with Gasteiger partial charge in [-0.2, -0.15) is 9.61 Å². The van der Waals surface area contributed by atoms with Crippen molar-refractivity contribution in [2.24, 2.45) is 5.73 Å². The van der Waals surface area contributed by atoms with Gasteiger partial charge in [0.05, 0.1) is 0 Å². The third-order valence-electron chi connectivity index (χ3n) is 1.59. The summed E-state index contributed by atoms with van der Waals surface area (Å²) < 4.78 is 1.76. The minimum Gasteiger partial charge on any atom is -0.324 e. The molecule has 2 rings (SSSR count). The van der Waals surface area contributed by atoms with Gasteiger partial charge in [0, 0.05) is 13.0 Å². The molecule has 2 aromatic rings. The number of hydrogen-bond acceptors (Lipinski definition) is 5. The van der Waals surface area contributed by atoms with Gasteiger partial charge in [0.2, 0.25) is 4.96 Å². The van der Waals surface area contributed by atoms with Gasteiger partial charge in [-0.1, -0.05) is 18.3 Å². The van der Waals surface area contributed by atoms with Crippen LogP contribution in [0.2, 0.25) is 0 Å². The van der Waals surface area contributed by atoms with Crippen molar-refractivity contribution in [1.29, 1.82) is 0 Å². The lowest BCUT2D eigenvalue weighted by Crippen LogP contribution is -1.98. The third-order valence-corrected chi connectivity index (χ3v) is 2.51. The molecule has 0 fully saturated rings. The molecule has 0 aliphatic carbocycles. The summed E-state index contributed by atoms with van der Waals surface area (Å²) in [4.78, 5) is 0.826. The number of rotatable bonds is 2. The first-order valence-corrected chi connectivity index (χ1v) is 4.57. The molecule has 13 heavy (non-hydrogen) atoms. The quantitative estimate of drug-likeness (QED) is 0.805. The van der Waals surface area contributed by atoms with Crippen LogP contribution < -0.4 is 5.73 Å². The Morgan fingerprint density at radius 1 is 1.46 bits per heavy atom. The molecule has 0 amide bonds. The molecule has 72 valence electrons. The number of aryl methyl sites for hydroxylation is 1. The number of hydrogen-bond donors (Lipinski definition) is 1. The van der Waals surface area contributed by atoms with E-state index in [0.717, 1.165) is 22.2 Å². The third kappa shape index (κ3) is 1.65. The summed E-state index contributed by atoms with van der Waals surface area (Å²) in [7, 11) is 0. The number of nitrogens with two attached hydrogens (primary N) is 1. The van der Waals surface area contributed by atoms with Crippen LogP contribution >= 0.6 is 23.7 Å². The number of halogens is 1. The molecule has 0 aliphatic rings. The molecule has 0 spiro atoms. The monoisotopic (exact) mass is 219 g/mol. The Balaban J connectivity index is 0.000000845. The van der Waals surface area contributed by atoms with Crippen molar-refractivity contribution in [1.82, 2.24) is 19.8 Å². The lowest BCUT2D eigenvalue weighted by atomic mass is 10.5. The van der Waals surface area contributed by atoms with Gasteiger partial charge in [-0.15, -0.1) is 22.6 Å². The summed E-state index contributed by atoms with van der Waals surface area (Å²) >= 11 is 1.49. The largest absolute Gasteiger partial charge is 0.324 e. The SMILES string of the molecule is CCc1nnc2sc(CN)nn12.Cl. The van der Waals surface area contributed by atoms with Gasteiger partial charge in [0.15, 0.2) is 5.82 Å². The normalized spacial score (nSPS) is 10.3. The maximum absolute atomic E-state index is 5.45. The van der Waals surface area contributed by atoms with Crippen LogP contribution in [0.15, 0.2) is 0 Å². The first-order chi connectivity index (χ1) is 5.85. The fourth-order valence-electron chi connectivity index (χ4n) is 1.00. The maximum Gasteiger partial charge on any atom is 0.234 e. The Morgan fingerprint density at radius 3 is 2.85 bits per heavy atom. The van der Waals surface area contributed by atoms with E-state index in [1.54, 1.807) is 4.52 Å². The van der Waals surface area contributed by atoms with Crippen LogP contribution in [0, 0.1) is 0 Å². The maximum atomic E-state index is 5.45. The van der Waals surface area contributed by atoms with Crippen LogP contribution in [-0.2, 0) is 13.0 Å². The lowest BCUT2D eigenvalue weighted by Gasteiger charge is -1.86. The Morgan fingerprint density at radius 2 is 2.23 bits per heavy atom. The zero-order valence-electron chi connectivity index (χ0n) is 7.10. The first-order valence-electron chi connectivity index (χ1n) is 3.75. The summed E-state index contributed by atoms with van der Waals surface area (Å²) in [6.07, 6.45) is 0.842. The highest BCUT2D eigenvalue weighted by molar-refractivity contribution is 7.16. The molecular formula is C6H10ClN5S. The average molecular weight is 220 g/mol. The van der Waals surface area contributed by atoms with Crippen molar-refractivity contribution in [2.45, 2.75) is 19.9 Å². The van der Waals surface area contributed by atoms with E-state index < -0.39 is 0 Å². The van der Waals surface area contributed by atoms with E-state index in [4.69, 9.17) is 5.73 Å². The van der Waals surface area contributed by atoms with Crippen LogP contribution in [0.4, 0.5) is 0 Å². The molecule has 0 aliphatic heterocycles. The molecule has 0 radical (unpaired) electrons. The van der Waals surface area contributed by atoms with E-state index in [9.17, 15) is 0 Å². The van der Waals surface area contributed by atoms with Gasteiger partial charge >= 0.3 is 0 Å². The predicted octanol–water partition coefficient (Wildman–Crippen LogP) is 0.629. The van der Waals surface area contributed by atoms with Gasteiger partial charge in [-0.25, -0.2) is 0 Å². The van der Waals surface area contributed by atoms with Crippen molar-refractivity contribution in [3.8, 4) is 0 Å². The van der Waals surface area contributed by atoms with E-state index in [0.29, 0.717) is 6.54 Å². The molecule has 0 aromatic carbocycles. The molecular weight excluding hydrogens is 210 g/mol. The Kier molecular flexibility index (Phi) is 3.18. The van der Waals surface area contributed by atoms with Gasteiger partial charge in [0.25, 0.3) is 0 Å². The van der Waals surface area contributed by atoms with Gasteiger partial charge in [-0.3, -0.25) is 0 Å². The molecule has 0 atom stereocenters. The summed E-state index contributed by atoms with van der Waals surface area (Å²) in [5, 5.41) is 13.1. The molecule has 5 nitrogen and oxygen atoms in total. The zero-order chi connectivity index (χ0) is 8.55. The standard InChI is InChI=1S/C6H9N5S.ClH/c1-2-4-8-9-6-11(4)10-5(3-7)12-6;/h2-3,7H2,1H3;1H. The first kappa shape index (κ1) is 10.4. The molecule has 2 aromatic heterocycles. The van der Waals surface area contributed by atoms with Crippen molar-refractivity contribution in [2.75, 3.05) is 0 Å². The van der Waals surface area contributed by atoms with E-state index in [-0.39, 0.29) is 12.4 Å². The minimum absolute atomic E-state index is 0. The van der Waals surface area contributed by atoms with Gasteiger partial charge in [0.1, 0.15) is 5.01 Å². The molecule has 0 saturated carbocycles. The second-order valence-corrected chi connectivity index (χ2v) is 3.40.